The average molecular weight is 321 g/mol. The molecule has 19 heavy (non-hydrogen) atoms. The molecule has 1 N–H and O–H groups in total. The van der Waals surface area contributed by atoms with Crippen molar-refractivity contribution in [1.29, 1.82) is 0 Å². The van der Waals surface area contributed by atoms with E-state index in [-0.39, 0.29) is 11.9 Å². The number of nitrogens with zero attached hydrogens (tertiary/aromatic N) is 1. The predicted octanol–water partition coefficient (Wildman–Crippen LogP) is 3.24. The molecule has 1 unspecified atom stereocenters. The number of halogens is 1. The first-order valence-corrected chi connectivity index (χ1v) is 7.02. The van der Waals surface area contributed by atoms with Crippen molar-refractivity contribution in [3.8, 4) is 0 Å². The fourth-order valence-corrected chi connectivity index (χ4v) is 2.79. The number of amides is 1. The molecule has 0 saturated heterocycles. The number of rotatable bonds is 2. The van der Waals surface area contributed by atoms with Gasteiger partial charge in [0.15, 0.2) is 0 Å². The number of furan rings is 1. The first-order chi connectivity index (χ1) is 9.24. The molecule has 1 aliphatic carbocycles. The Bertz CT molecular complexity index is 609. The second kappa shape index (κ2) is 5.17. The van der Waals surface area contributed by atoms with Crippen molar-refractivity contribution < 1.29 is 9.21 Å². The minimum absolute atomic E-state index is 0.0435. The molecule has 1 amide bonds. The molecule has 4 nitrogen and oxygen atoms in total. The maximum atomic E-state index is 12.2. The zero-order valence-corrected chi connectivity index (χ0v) is 11.8. The SMILES string of the molecule is O=C(NC1CCCc2occc21)c1ccnc(Br)c1. The molecule has 5 heteroatoms. The highest BCUT2D eigenvalue weighted by atomic mass is 79.9. The Kier molecular flexibility index (Phi) is 3.38. The van der Waals surface area contributed by atoms with Crippen LogP contribution in [0.4, 0.5) is 0 Å². The average Bonchev–Trinajstić information content (AvgIpc) is 2.88. The van der Waals surface area contributed by atoms with Gasteiger partial charge in [0.2, 0.25) is 0 Å². The third-order valence-corrected chi connectivity index (χ3v) is 3.78. The number of carbonyl (C=O) groups excluding carboxylic acids is 1. The van der Waals surface area contributed by atoms with Crippen LogP contribution >= 0.6 is 15.9 Å². The van der Waals surface area contributed by atoms with Gasteiger partial charge >= 0.3 is 0 Å². The van der Waals surface area contributed by atoms with Crippen LogP contribution in [0.2, 0.25) is 0 Å². The van der Waals surface area contributed by atoms with Gasteiger partial charge in [0, 0.05) is 23.7 Å². The summed E-state index contributed by atoms with van der Waals surface area (Å²) in [6.07, 6.45) is 6.24. The molecule has 0 radical (unpaired) electrons. The van der Waals surface area contributed by atoms with Crippen LogP contribution < -0.4 is 5.32 Å². The fourth-order valence-electron chi connectivity index (χ4n) is 2.42. The third kappa shape index (κ3) is 2.56. The number of nitrogens with one attached hydrogen (secondary N) is 1. The Balaban J connectivity index is 1.78. The lowest BCUT2D eigenvalue weighted by atomic mass is 9.93. The van der Waals surface area contributed by atoms with Gasteiger partial charge in [-0.2, -0.15) is 0 Å². The molecule has 0 aromatic carbocycles. The van der Waals surface area contributed by atoms with Gasteiger partial charge in [-0.15, -0.1) is 0 Å². The molecule has 0 saturated carbocycles. The zero-order chi connectivity index (χ0) is 13.2. The highest BCUT2D eigenvalue weighted by Gasteiger charge is 2.24. The van der Waals surface area contributed by atoms with Crippen LogP contribution in [0.25, 0.3) is 0 Å². The Hall–Kier alpha value is -1.62. The summed E-state index contributed by atoms with van der Waals surface area (Å²) < 4.78 is 6.08. The van der Waals surface area contributed by atoms with E-state index in [9.17, 15) is 4.79 Å². The normalized spacial score (nSPS) is 17.8. The summed E-state index contributed by atoms with van der Waals surface area (Å²) in [7, 11) is 0. The Labute approximate surface area is 119 Å². The van der Waals surface area contributed by atoms with E-state index in [2.05, 4.69) is 26.2 Å². The smallest absolute Gasteiger partial charge is 0.251 e. The minimum atomic E-state index is -0.0813. The molecule has 2 aromatic heterocycles. The standard InChI is InChI=1S/C14H13BrN2O2/c15-13-8-9(4-6-16-13)14(18)17-11-2-1-3-12-10(11)5-7-19-12/h4-8,11H,1-3H2,(H,17,18). The van der Waals surface area contributed by atoms with Crippen molar-refractivity contribution in [2.45, 2.75) is 25.3 Å². The van der Waals surface area contributed by atoms with Crippen molar-refractivity contribution >= 4 is 21.8 Å². The van der Waals surface area contributed by atoms with E-state index in [1.807, 2.05) is 6.07 Å². The number of hydrogen-bond donors (Lipinski definition) is 1. The highest BCUT2D eigenvalue weighted by Crippen LogP contribution is 2.30. The summed E-state index contributed by atoms with van der Waals surface area (Å²) in [4.78, 5) is 16.2. The number of carbonyl (C=O) groups is 1. The van der Waals surface area contributed by atoms with E-state index >= 15 is 0 Å². The van der Waals surface area contributed by atoms with E-state index in [4.69, 9.17) is 4.42 Å². The number of aromatic nitrogens is 1. The van der Waals surface area contributed by atoms with Gasteiger partial charge in [0.1, 0.15) is 10.4 Å². The van der Waals surface area contributed by atoms with Crippen LogP contribution in [0, 0.1) is 0 Å². The largest absolute Gasteiger partial charge is 0.469 e. The van der Waals surface area contributed by atoms with Gasteiger partial charge in [-0.1, -0.05) is 0 Å². The van der Waals surface area contributed by atoms with Crippen molar-refractivity contribution in [3.63, 3.8) is 0 Å². The van der Waals surface area contributed by atoms with E-state index in [0.717, 1.165) is 30.6 Å². The van der Waals surface area contributed by atoms with Crippen molar-refractivity contribution in [2.24, 2.45) is 0 Å². The quantitative estimate of drug-likeness (QED) is 0.864. The third-order valence-electron chi connectivity index (χ3n) is 3.35. The van der Waals surface area contributed by atoms with Crippen LogP contribution in [0.3, 0.4) is 0 Å². The van der Waals surface area contributed by atoms with Crippen molar-refractivity contribution in [2.75, 3.05) is 0 Å². The Morgan fingerprint density at radius 3 is 3.21 bits per heavy atom. The van der Waals surface area contributed by atoms with E-state index in [0.29, 0.717) is 10.2 Å². The summed E-state index contributed by atoms with van der Waals surface area (Å²) in [5, 5.41) is 3.06. The topological polar surface area (TPSA) is 55.1 Å². The summed E-state index contributed by atoms with van der Waals surface area (Å²) >= 11 is 3.27. The first-order valence-electron chi connectivity index (χ1n) is 6.23. The molecule has 98 valence electrons. The van der Waals surface area contributed by atoms with Crippen LogP contribution in [0.15, 0.2) is 39.7 Å². The van der Waals surface area contributed by atoms with Gasteiger partial charge in [0.25, 0.3) is 5.91 Å². The summed E-state index contributed by atoms with van der Waals surface area (Å²) in [6.45, 7) is 0. The molecule has 0 fully saturated rings. The molecule has 0 aliphatic heterocycles. The maximum absolute atomic E-state index is 12.2. The Morgan fingerprint density at radius 2 is 2.37 bits per heavy atom. The lowest BCUT2D eigenvalue weighted by Crippen LogP contribution is -2.30. The molecule has 0 bridgehead atoms. The van der Waals surface area contributed by atoms with Crippen LogP contribution in [-0.4, -0.2) is 10.9 Å². The molecular weight excluding hydrogens is 308 g/mol. The maximum Gasteiger partial charge on any atom is 0.251 e. The summed E-state index contributed by atoms with van der Waals surface area (Å²) in [5.41, 5.74) is 1.71. The van der Waals surface area contributed by atoms with Crippen LogP contribution in [-0.2, 0) is 6.42 Å². The number of hydrogen-bond acceptors (Lipinski definition) is 3. The van der Waals surface area contributed by atoms with E-state index < -0.39 is 0 Å². The lowest BCUT2D eigenvalue weighted by Gasteiger charge is -2.22. The molecule has 1 atom stereocenters. The number of pyridine rings is 1. The van der Waals surface area contributed by atoms with E-state index in [1.165, 1.54) is 0 Å². The molecule has 2 aromatic rings. The summed E-state index contributed by atoms with van der Waals surface area (Å²) in [6, 6.07) is 5.41. The summed E-state index contributed by atoms with van der Waals surface area (Å²) in [5.74, 6) is 0.912. The molecular formula is C14H13BrN2O2. The molecule has 0 spiro atoms. The number of fused-ring (bicyclic) bond motifs is 1. The minimum Gasteiger partial charge on any atom is -0.469 e. The highest BCUT2D eigenvalue weighted by molar-refractivity contribution is 9.10. The van der Waals surface area contributed by atoms with Crippen LogP contribution in [0.1, 0.15) is 40.6 Å². The van der Waals surface area contributed by atoms with E-state index in [1.54, 1.807) is 24.6 Å². The van der Waals surface area contributed by atoms with Crippen LogP contribution in [0.5, 0.6) is 0 Å². The Morgan fingerprint density at radius 1 is 1.47 bits per heavy atom. The predicted molar refractivity (Wildman–Crippen MR) is 73.8 cm³/mol. The number of aryl methyl sites for hydroxylation is 1. The molecule has 1 aliphatic rings. The van der Waals surface area contributed by atoms with Gasteiger partial charge in [-0.3, -0.25) is 4.79 Å². The van der Waals surface area contributed by atoms with Gasteiger partial charge in [-0.05, 0) is 47.0 Å². The molecule has 3 rings (SSSR count). The second-order valence-electron chi connectivity index (χ2n) is 4.58. The monoisotopic (exact) mass is 320 g/mol. The zero-order valence-electron chi connectivity index (χ0n) is 10.2. The van der Waals surface area contributed by atoms with Gasteiger partial charge < -0.3 is 9.73 Å². The first kappa shape index (κ1) is 12.4. The lowest BCUT2D eigenvalue weighted by molar-refractivity contribution is 0.0932. The van der Waals surface area contributed by atoms with Crippen molar-refractivity contribution in [1.82, 2.24) is 10.3 Å². The molecule has 2 heterocycles. The van der Waals surface area contributed by atoms with Gasteiger partial charge in [0.05, 0.1) is 12.3 Å². The van der Waals surface area contributed by atoms with Gasteiger partial charge in [-0.25, -0.2) is 4.98 Å². The van der Waals surface area contributed by atoms with Crippen molar-refractivity contribution in [3.05, 3.63) is 52.1 Å². The second-order valence-corrected chi connectivity index (χ2v) is 5.40. The fraction of sp³-hybridized carbons (Fsp3) is 0.286.